The van der Waals surface area contributed by atoms with E-state index >= 15 is 0 Å². The van der Waals surface area contributed by atoms with Gasteiger partial charge in [-0.3, -0.25) is 9.59 Å². The van der Waals surface area contributed by atoms with Crippen LogP contribution in [0.2, 0.25) is 5.02 Å². The lowest BCUT2D eigenvalue weighted by Crippen LogP contribution is -2.29. The Labute approximate surface area is 136 Å². The van der Waals surface area contributed by atoms with Gasteiger partial charge in [0.05, 0.1) is 16.4 Å². The number of benzene rings is 2. The molecule has 0 bridgehead atoms. The van der Waals surface area contributed by atoms with Crippen LogP contribution in [0.4, 0.5) is 20.2 Å². The number of hydrogen-bond donors (Lipinski definition) is 2. The Morgan fingerprint density at radius 3 is 2.30 bits per heavy atom. The first-order chi connectivity index (χ1) is 10.8. The average molecular weight is 339 g/mol. The highest BCUT2D eigenvalue weighted by molar-refractivity contribution is 6.45. The zero-order chi connectivity index (χ0) is 17.1. The molecule has 0 aliphatic rings. The summed E-state index contributed by atoms with van der Waals surface area (Å²) < 4.78 is 26.5. The fourth-order valence-electron chi connectivity index (χ4n) is 2.02. The van der Waals surface area contributed by atoms with Crippen LogP contribution in [0.15, 0.2) is 30.3 Å². The Balaban J connectivity index is 2.15. The van der Waals surface area contributed by atoms with Crippen molar-refractivity contribution in [1.82, 2.24) is 0 Å². The predicted molar refractivity (Wildman–Crippen MR) is 84.5 cm³/mol. The highest BCUT2D eigenvalue weighted by Gasteiger charge is 2.18. The van der Waals surface area contributed by atoms with E-state index in [1.807, 2.05) is 12.2 Å². The second kappa shape index (κ2) is 6.75. The van der Waals surface area contributed by atoms with Crippen LogP contribution in [0.25, 0.3) is 0 Å². The normalized spacial score (nSPS) is 10.3. The number of carbonyl (C=O) groups is 2. The highest BCUT2D eigenvalue weighted by Crippen LogP contribution is 2.27. The van der Waals surface area contributed by atoms with Crippen molar-refractivity contribution in [1.29, 1.82) is 0 Å². The molecule has 0 fully saturated rings. The minimum atomic E-state index is -1.13. The van der Waals surface area contributed by atoms with Crippen LogP contribution in [0.3, 0.4) is 0 Å². The van der Waals surface area contributed by atoms with E-state index in [0.29, 0.717) is 5.56 Å². The second-order valence-electron chi connectivity index (χ2n) is 4.97. The molecule has 0 radical (unpaired) electrons. The third-order valence-electron chi connectivity index (χ3n) is 3.05. The molecule has 0 saturated heterocycles. The maximum atomic E-state index is 13.5. The van der Waals surface area contributed by atoms with Crippen molar-refractivity contribution in [3.8, 4) is 0 Å². The summed E-state index contributed by atoms with van der Waals surface area (Å²) in [4.78, 5) is 23.7. The average Bonchev–Trinajstić information content (AvgIpc) is 2.46. The van der Waals surface area contributed by atoms with Crippen molar-refractivity contribution in [2.45, 2.75) is 13.8 Å². The summed E-state index contributed by atoms with van der Waals surface area (Å²) in [6.45, 7) is 3.56. The van der Waals surface area contributed by atoms with Gasteiger partial charge in [0.15, 0.2) is 0 Å². The number of carbonyl (C=O) groups excluding carboxylic acids is 2. The molecular weight excluding hydrogens is 326 g/mol. The molecule has 7 heteroatoms. The van der Waals surface area contributed by atoms with Crippen molar-refractivity contribution < 1.29 is 18.4 Å². The molecule has 23 heavy (non-hydrogen) atoms. The van der Waals surface area contributed by atoms with Gasteiger partial charge in [-0.1, -0.05) is 17.7 Å². The first kappa shape index (κ1) is 16.9. The maximum absolute atomic E-state index is 13.5. The molecule has 120 valence electrons. The van der Waals surface area contributed by atoms with E-state index in [2.05, 4.69) is 5.32 Å². The third-order valence-corrected chi connectivity index (χ3v) is 3.35. The smallest absolute Gasteiger partial charge is 0.314 e. The number of anilines is 2. The number of amides is 2. The Morgan fingerprint density at radius 2 is 1.65 bits per heavy atom. The standard InChI is InChI=1S/C16H13ClF2N2O2/c1-8-5-9(2)14(11(17)6-8)21-16(23)15(22)20-13-7-10(18)3-4-12(13)19/h3-7H,1-2H3,(H,20,22)(H,21,23). The number of nitrogens with one attached hydrogen (secondary N) is 2. The van der Waals surface area contributed by atoms with Crippen LogP contribution in [0, 0.1) is 25.5 Å². The lowest BCUT2D eigenvalue weighted by atomic mass is 10.1. The first-order valence-electron chi connectivity index (χ1n) is 6.62. The second-order valence-corrected chi connectivity index (χ2v) is 5.38. The van der Waals surface area contributed by atoms with Crippen molar-refractivity contribution in [2.24, 2.45) is 0 Å². The minimum absolute atomic E-state index is 0.278. The molecule has 0 heterocycles. The van der Waals surface area contributed by atoms with Crippen molar-refractivity contribution in [2.75, 3.05) is 10.6 Å². The van der Waals surface area contributed by atoms with Gasteiger partial charge < -0.3 is 10.6 Å². The minimum Gasteiger partial charge on any atom is -0.316 e. The fourth-order valence-corrected chi connectivity index (χ4v) is 2.39. The van der Waals surface area contributed by atoms with E-state index < -0.39 is 29.1 Å². The van der Waals surface area contributed by atoms with Gasteiger partial charge in [-0.05, 0) is 43.2 Å². The number of halogens is 3. The quantitative estimate of drug-likeness (QED) is 0.818. The van der Waals surface area contributed by atoms with Gasteiger partial charge in [-0.25, -0.2) is 8.78 Å². The van der Waals surface area contributed by atoms with Crippen LogP contribution >= 0.6 is 11.6 Å². The molecule has 2 amide bonds. The molecule has 0 atom stereocenters. The molecule has 2 aromatic carbocycles. The van der Waals surface area contributed by atoms with Crippen molar-refractivity contribution in [3.05, 3.63) is 58.1 Å². The summed E-state index contributed by atoms with van der Waals surface area (Å²) in [7, 11) is 0. The van der Waals surface area contributed by atoms with Crippen molar-refractivity contribution >= 4 is 34.8 Å². The molecular formula is C16H13ClF2N2O2. The molecule has 2 rings (SSSR count). The van der Waals surface area contributed by atoms with E-state index in [-0.39, 0.29) is 10.7 Å². The van der Waals surface area contributed by atoms with Crippen LogP contribution in [0.1, 0.15) is 11.1 Å². The number of hydrogen-bond acceptors (Lipinski definition) is 2. The van der Waals surface area contributed by atoms with E-state index in [9.17, 15) is 18.4 Å². The summed E-state index contributed by atoms with van der Waals surface area (Å²) in [5.41, 5.74) is 1.44. The maximum Gasteiger partial charge on any atom is 0.314 e. The molecule has 0 unspecified atom stereocenters. The van der Waals surface area contributed by atoms with Gasteiger partial charge in [-0.2, -0.15) is 0 Å². The van der Waals surface area contributed by atoms with E-state index in [1.165, 1.54) is 0 Å². The van der Waals surface area contributed by atoms with Crippen molar-refractivity contribution in [3.63, 3.8) is 0 Å². The topological polar surface area (TPSA) is 58.2 Å². The van der Waals surface area contributed by atoms with Gasteiger partial charge in [0.2, 0.25) is 0 Å². The monoisotopic (exact) mass is 338 g/mol. The molecule has 2 aromatic rings. The zero-order valence-electron chi connectivity index (χ0n) is 12.3. The van der Waals surface area contributed by atoms with Gasteiger partial charge >= 0.3 is 11.8 Å². The lowest BCUT2D eigenvalue weighted by molar-refractivity contribution is -0.133. The van der Waals surface area contributed by atoms with E-state index in [1.54, 1.807) is 19.1 Å². The molecule has 0 aliphatic carbocycles. The Kier molecular flexibility index (Phi) is 4.95. The molecule has 0 spiro atoms. The zero-order valence-corrected chi connectivity index (χ0v) is 13.1. The molecule has 4 nitrogen and oxygen atoms in total. The van der Waals surface area contributed by atoms with E-state index in [4.69, 9.17) is 11.6 Å². The van der Waals surface area contributed by atoms with Crippen LogP contribution < -0.4 is 10.6 Å². The summed E-state index contributed by atoms with van der Waals surface area (Å²) in [5, 5.41) is 4.65. The number of rotatable bonds is 2. The molecule has 0 aliphatic heterocycles. The molecule has 0 saturated carbocycles. The SMILES string of the molecule is Cc1cc(C)c(NC(=O)C(=O)Nc2cc(F)ccc2F)c(Cl)c1. The summed E-state index contributed by atoms with van der Waals surface area (Å²) in [6.07, 6.45) is 0. The summed E-state index contributed by atoms with van der Waals surface area (Å²) in [5.74, 6) is -3.76. The Morgan fingerprint density at radius 1 is 1.00 bits per heavy atom. The van der Waals surface area contributed by atoms with Gasteiger partial charge in [0.25, 0.3) is 0 Å². The van der Waals surface area contributed by atoms with Gasteiger partial charge in [0.1, 0.15) is 11.6 Å². The van der Waals surface area contributed by atoms with Gasteiger partial charge in [-0.15, -0.1) is 0 Å². The lowest BCUT2D eigenvalue weighted by Gasteiger charge is -2.12. The summed E-state index contributed by atoms with van der Waals surface area (Å²) >= 11 is 6.03. The third kappa shape index (κ3) is 4.04. The van der Waals surface area contributed by atoms with Gasteiger partial charge in [0, 0.05) is 6.07 Å². The first-order valence-corrected chi connectivity index (χ1v) is 7.00. The fraction of sp³-hybridized carbons (Fsp3) is 0.125. The van der Waals surface area contributed by atoms with Crippen LogP contribution in [-0.2, 0) is 9.59 Å². The largest absolute Gasteiger partial charge is 0.316 e. The summed E-state index contributed by atoms with van der Waals surface area (Å²) in [6, 6.07) is 5.95. The predicted octanol–water partition coefficient (Wildman–Crippen LogP) is 3.81. The molecule has 2 N–H and O–H groups in total. The highest BCUT2D eigenvalue weighted by atomic mass is 35.5. The molecule has 0 aromatic heterocycles. The van der Waals surface area contributed by atoms with Crippen LogP contribution in [-0.4, -0.2) is 11.8 Å². The van der Waals surface area contributed by atoms with E-state index in [0.717, 1.165) is 23.8 Å². The Bertz CT molecular complexity index is 771. The Hall–Kier alpha value is -2.47. The number of aryl methyl sites for hydroxylation is 2. The van der Waals surface area contributed by atoms with Crippen LogP contribution in [0.5, 0.6) is 0 Å².